The molecular weight excluding hydrogens is 493 g/mol. The number of fused-ring (bicyclic) bond motifs is 1. The first-order valence-electron chi connectivity index (χ1n) is 13.8. The second kappa shape index (κ2) is 11.6. The zero-order valence-corrected chi connectivity index (χ0v) is 22.1. The molecule has 0 N–H and O–H groups in total. The minimum atomic E-state index is -1.08. The molecule has 1 saturated carbocycles. The van der Waals surface area contributed by atoms with Crippen molar-refractivity contribution in [1.82, 2.24) is 9.78 Å². The van der Waals surface area contributed by atoms with Crippen molar-refractivity contribution in [1.29, 1.82) is 0 Å². The Balaban J connectivity index is 1.48. The number of anilines is 1. The third kappa shape index (κ3) is 6.08. The largest absolute Gasteiger partial charge is 0.466 e. The third-order valence-corrected chi connectivity index (χ3v) is 7.26. The second-order valence-electron chi connectivity index (χ2n) is 9.94. The highest BCUT2D eigenvalue weighted by Gasteiger charge is 2.27. The number of methoxy groups -OCH3 is 1. The van der Waals surface area contributed by atoms with Crippen LogP contribution >= 0.6 is 0 Å². The predicted molar refractivity (Wildman–Crippen MR) is 151 cm³/mol. The molecule has 3 aromatic carbocycles. The summed E-state index contributed by atoms with van der Waals surface area (Å²) in [5.41, 5.74) is 4.34. The number of ether oxygens (including phenoxy) is 1. The summed E-state index contributed by atoms with van der Waals surface area (Å²) in [5.74, 6) is -1.53. The Hall–Kier alpha value is -4.26. The molecule has 1 aromatic heterocycles. The average Bonchev–Trinajstić information content (AvgIpc) is 3.36. The normalized spacial score (nSPS) is 15.3. The SMILES string of the molecule is [2H]C(c1ccc(-c2ccc3c(cnn3C)c2)cc1)N(C(=O)C1CCCCC1)c1cc(F)cc(/C=C/C(=O)OC)c1. The van der Waals surface area contributed by atoms with Crippen LogP contribution in [0.3, 0.4) is 0 Å². The van der Waals surface area contributed by atoms with Gasteiger partial charge in [0.15, 0.2) is 0 Å². The summed E-state index contributed by atoms with van der Waals surface area (Å²) in [7, 11) is 3.17. The van der Waals surface area contributed by atoms with Gasteiger partial charge in [0.25, 0.3) is 0 Å². The molecule has 1 atom stereocenters. The molecule has 39 heavy (non-hydrogen) atoms. The van der Waals surface area contributed by atoms with Crippen molar-refractivity contribution in [2.75, 3.05) is 12.0 Å². The van der Waals surface area contributed by atoms with Gasteiger partial charge in [-0.15, -0.1) is 0 Å². The van der Waals surface area contributed by atoms with Crippen molar-refractivity contribution in [2.24, 2.45) is 13.0 Å². The number of benzene rings is 3. The standard InChI is InChI=1S/C32H32FN3O3/c1-35-30-14-13-26(18-27(30)20-34-35)24-11-8-22(9-12-24)21-36(32(38)25-6-4-3-5-7-25)29-17-23(16-28(33)19-29)10-15-31(37)39-2/h8-20,25H,3-7,21H2,1-2H3/b15-10+/i21D. The van der Waals surface area contributed by atoms with E-state index in [1.165, 1.54) is 36.3 Å². The maximum Gasteiger partial charge on any atom is 0.330 e. The molecule has 1 aliphatic rings. The number of rotatable bonds is 7. The highest BCUT2D eigenvalue weighted by atomic mass is 19.1. The number of halogens is 1. The quantitative estimate of drug-likeness (QED) is 0.199. The van der Waals surface area contributed by atoms with Crippen LogP contribution in [0.1, 0.15) is 44.6 Å². The topological polar surface area (TPSA) is 64.4 Å². The van der Waals surface area contributed by atoms with Gasteiger partial charge < -0.3 is 9.64 Å². The van der Waals surface area contributed by atoms with E-state index in [0.29, 0.717) is 11.1 Å². The van der Waals surface area contributed by atoms with Crippen LogP contribution in [0.2, 0.25) is 0 Å². The maximum absolute atomic E-state index is 14.8. The zero-order chi connectivity index (χ0) is 28.2. The first kappa shape index (κ1) is 25.0. The molecule has 0 radical (unpaired) electrons. The molecule has 1 fully saturated rings. The van der Waals surface area contributed by atoms with Gasteiger partial charge in [0.2, 0.25) is 5.91 Å². The van der Waals surface area contributed by atoms with Crippen LogP contribution in [-0.2, 0) is 27.9 Å². The summed E-state index contributed by atoms with van der Waals surface area (Å²) in [6, 6.07) is 17.9. The highest BCUT2D eigenvalue weighted by molar-refractivity contribution is 5.95. The second-order valence-corrected chi connectivity index (χ2v) is 9.94. The molecular formula is C32H32FN3O3. The number of amides is 1. The maximum atomic E-state index is 14.8. The van der Waals surface area contributed by atoms with Crippen molar-refractivity contribution < 1.29 is 20.1 Å². The summed E-state index contributed by atoms with van der Waals surface area (Å²) in [6.45, 7) is -1.08. The lowest BCUT2D eigenvalue weighted by molar-refractivity contribution is -0.134. The Morgan fingerprint density at radius 1 is 1.08 bits per heavy atom. The summed E-state index contributed by atoms with van der Waals surface area (Å²) in [4.78, 5) is 26.8. The minimum Gasteiger partial charge on any atom is -0.466 e. The van der Waals surface area contributed by atoms with Crippen molar-refractivity contribution >= 4 is 34.5 Å². The average molecular weight is 527 g/mol. The Kier molecular flexibility index (Phi) is 7.47. The van der Waals surface area contributed by atoms with Crippen molar-refractivity contribution in [3.05, 3.63) is 89.9 Å². The Labute approximate surface area is 229 Å². The van der Waals surface area contributed by atoms with E-state index in [1.807, 2.05) is 54.3 Å². The van der Waals surface area contributed by atoms with Crippen molar-refractivity contribution in [3.63, 3.8) is 0 Å². The van der Waals surface area contributed by atoms with Gasteiger partial charge in [0, 0.05) is 30.1 Å². The molecule has 1 heterocycles. The van der Waals surface area contributed by atoms with Gasteiger partial charge in [0.1, 0.15) is 5.82 Å². The number of esters is 1. The molecule has 0 aliphatic heterocycles. The Bertz CT molecular complexity index is 1560. The molecule has 0 bridgehead atoms. The van der Waals surface area contributed by atoms with E-state index in [-0.39, 0.29) is 17.5 Å². The molecule has 0 spiro atoms. The number of carbonyl (C=O) groups is 2. The Morgan fingerprint density at radius 2 is 1.82 bits per heavy atom. The lowest BCUT2D eigenvalue weighted by atomic mass is 9.88. The number of hydrogen-bond acceptors (Lipinski definition) is 4. The summed E-state index contributed by atoms with van der Waals surface area (Å²) >= 11 is 0. The van der Waals surface area contributed by atoms with Crippen LogP contribution < -0.4 is 4.90 Å². The van der Waals surface area contributed by atoms with E-state index < -0.39 is 18.3 Å². The minimum absolute atomic E-state index is 0.181. The zero-order valence-electron chi connectivity index (χ0n) is 23.1. The van der Waals surface area contributed by atoms with Gasteiger partial charge >= 0.3 is 5.97 Å². The van der Waals surface area contributed by atoms with Crippen LogP contribution in [0.4, 0.5) is 10.1 Å². The number of carbonyl (C=O) groups excluding carboxylic acids is 2. The molecule has 4 aromatic rings. The van der Waals surface area contributed by atoms with Gasteiger partial charge in [-0.05, 0) is 71.5 Å². The molecule has 7 heteroatoms. The molecule has 1 amide bonds. The number of nitrogens with zero attached hydrogens (tertiary/aromatic N) is 3. The fraction of sp³-hybridized carbons (Fsp3) is 0.281. The van der Waals surface area contributed by atoms with E-state index in [1.54, 1.807) is 6.07 Å². The molecule has 200 valence electrons. The van der Waals surface area contributed by atoms with E-state index in [9.17, 15) is 14.0 Å². The van der Waals surface area contributed by atoms with Gasteiger partial charge in [-0.1, -0.05) is 49.6 Å². The van der Waals surface area contributed by atoms with Crippen LogP contribution in [0.25, 0.3) is 28.1 Å². The van der Waals surface area contributed by atoms with Crippen LogP contribution in [0.15, 0.2) is 72.9 Å². The molecule has 1 unspecified atom stereocenters. The molecule has 1 aliphatic carbocycles. The lowest BCUT2D eigenvalue weighted by Crippen LogP contribution is -2.36. The van der Waals surface area contributed by atoms with Gasteiger partial charge in [-0.2, -0.15) is 5.10 Å². The van der Waals surface area contributed by atoms with E-state index in [0.717, 1.165) is 54.1 Å². The first-order chi connectivity index (χ1) is 19.3. The number of hydrogen-bond donors (Lipinski definition) is 0. The fourth-order valence-corrected chi connectivity index (χ4v) is 5.13. The summed E-state index contributed by atoms with van der Waals surface area (Å²) < 4.78 is 30.4. The van der Waals surface area contributed by atoms with Crippen LogP contribution in [0, 0.1) is 11.7 Å². The number of aromatic nitrogens is 2. The van der Waals surface area contributed by atoms with Crippen LogP contribution in [-0.4, -0.2) is 28.8 Å². The van der Waals surface area contributed by atoms with Crippen LogP contribution in [0.5, 0.6) is 0 Å². The molecule has 6 nitrogen and oxygen atoms in total. The van der Waals surface area contributed by atoms with Crippen molar-refractivity contribution in [3.8, 4) is 11.1 Å². The number of aryl methyl sites for hydroxylation is 1. The predicted octanol–water partition coefficient (Wildman–Crippen LogP) is 6.68. The highest BCUT2D eigenvalue weighted by Crippen LogP contribution is 2.31. The third-order valence-electron chi connectivity index (χ3n) is 7.26. The molecule has 0 saturated heterocycles. The summed E-state index contributed by atoms with van der Waals surface area (Å²) in [6.07, 6.45) is 8.97. The van der Waals surface area contributed by atoms with E-state index in [4.69, 9.17) is 1.37 Å². The van der Waals surface area contributed by atoms with Gasteiger partial charge in [0.05, 0.1) is 26.7 Å². The Morgan fingerprint density at radius 3 is 2.56 bits per heavy atom. The first-order valence-corrected chi connectivity index (χ1v) is 13.2. The summed E-state index contributed by atoms with van der Waals surface area (Å²) in [5, 5.41) is 5.35. The van der Waals surface area contributed by atoms with Crippen molar-refractivity contribution in [2.45, 2.75) is 38.6 Å². The van der Waals surface area contributed by atoms with Gasteiger partial charge in [-0.3, -0.25) is 9.48 Å². The lowest BCUT2D eigenvalue weighted by Gasteiger charge is -2.30. The van der Waals surface area contributed by atoms with E-state index >= 15 is 0 Å². The molecule has 5 rings (SSSR count). The van der Waals surface area contributed by atoms with E-state index in [2.05, 4.69) is 15.9 Å². The fourth-order valence-electron chi connectivity index (χ4n) is 5.13. The smallest absolute Gasteiger partial charge is 0.330 e. The monoisotopic (exact) mass is 526 g/mol. The van der Waals surface area contributed by atoms with Gasteiger partial charge in [-0.25, -0.2) is 9.18 Å².